The largest absolute Gasteiger partial charge is 0.492 e. The van der Waals surface area contributed by atoms with Gasteiger partial charge in [-0.05, 0) is 61.7 Å². The van der Waals surface area contributed by atoms with E-state index >= 15 is 0 Å². The number of ether oxygens (including phenoxy) is 3. The number of aromatic nitrogens is 1. The molecule has 0 bridgehead atoms. The second-order valence-electron chi connectivity index (χ2n) is 12.3. The summed E-state index contributed by atoms with van der Waals surface area (Å²) in [5, 5.41) is 53.6. The summed E-state index contributed by atoms with van der Waals surface area (Å²) in [4.78, 5) is 15.9. The van der Waals surface area contributed by atoms with Gasteiger partial charge in [0.15, 0.2) is 0 Å². The van der Waals surface area contributed by atoms with Gasteiger partial charge in [0.2, 0.25) is 0 Å². The molecule has 0 aliphatic heterocycles. The van der Waals surface area contributed by atoms with Gasteiger partial charge >= 0.3 is 5.97 Å². The van der Waals surface area contributed by atoms with Gasteiger partial charge in [-0.2, -0.15) is 5.26 Å². The maximum atomic E-state index is 11.8. The Bertz CT molecular complexity index is 1870. The highest BCUT2D eigenvalue weighted by Crippen LogP contribution is 2.38. The van der Waals surface area contributed by atoms with Crippen molar-refractivity contribution in [3.8, 4) is 34.4 Å². The first-order chi connectivity index (χ1) is 25.0. The van der Waals surface area contributed by atoms with E-state index in [0.29, 0.717) is 65.1 Å². The van der Waals surface area contributed by atoms with E-state index in [4.69, 9.17) is 42.5 Å². The lowest BCUT2D eigenvalue weighted by atomic mass is 9.96. The number of hydrogen-bond donors (Lipinski definition) is 6. The first kappa shape index (κ1) is 40.3. The summed E-state index contributed by atoms with van der Waals surface area (Å²) < 4.78 is 18.3. The number of nitriles is 1. The van der Waals surface area contributed by atoms with Crippen molar-refractivity contribution in [2.24, 2.45) is 0 Å². The Hall–Kier alpha value is -4.45. The molecular formula is C38H42Cl2N4O8. The van der Waals surface area contributed by atoms with Crippen molar-refractivity contribution < 1.29 is 39.4 Å². The molecular weight excluding hydrogens is 711 g/mol. The van der Waals surface area contributed by atoms with Crippen LogP contribution in [0, 0.1) is 18.3 Å². The number of carboxylic acid groups (broad SMARTS) is 1. The molecule has 1 aromatic heterocycles. The molecule has 0 saturated heterocycles. The van der Waals surface area contributed by atoms with E-state index in [1.54, 1.807) is 30.5 Å². The van der Waals surface area contributed by atoms with Crippen molar-refractivity contribution in [1.29, 1.82) is 5.26 Å². The molecule has 4 aromatic rings. The maximum Gasteiger partial charge on any atom is 0.326 e. The number of halogens is 2. The number of carboxylic acids is 1. The number of nitrogens with one attached hydrogen (secondary N) is 2. The normalized spacial score (nSPS) is 12.8. The first-order valence-electron chi connectivity index (χ1n) is 16.5. The van der Waals surface area contributed by atoms with Gasteiger partial charge in [-0.15, -0.1) is 0 Å². The third-order valence-electron chi connectivity index (χ3n) is 8.32. The Morgan fingerprint density at radius 2 is 1.73 bits per heavy atom. The molecule has 2 atom stereocenters. The van der Waals surface area contributed by atoms with Gasteiger partial charge in [-0.1, -0.05) is 53.5 Å². The quantitative estimate of drug-likeness (QED) is 0.0663. The van der Waals surface area contributed by atoms with Gasteiger partial charge in [-0.25, -0.2) is 0 Å². The van der Waals surface area contributed by atoms with Crippen molar-refractivity contribution in [3.63, 3.8) is 0 Å². The molecule has 14 heteroatoms. The van der Waals surface area contributed by atoms with Gasteiger partial charge < -0.3 is 40.0 Å². The standard InChI is InChI=1S/C38H42Cl2N4O8/c1-24-27(6-3-7-30(24)31-8-4-9-33(36(31)40)50-11-5-10-42-19-29(47)20-45)22-52-35-14-34(51-21-26-12-25(15-41)16-43-17-26)28(13-32(35)39)18-44-38(2,23-46)37(48)49/h3-4,6-9,12-14,16-17,29,42,44-47H,5,10-11,18-23H2,1-2H3,(H,48,49)/t29-,38-/m0/s1. The van der Waals surface area contributed by atoms with Crippen LogP contribution in [0.1, 0.15) is 41.2 Å². The summed E-state index contributed by atoms with van der Waals surface area (Å²) in [7, 11) is 0. The molecule has 276 valence electrons. The van der Waals surface area contributed by atoms with Crippen LogP contribution in [0.15, 0.2) is 67.0 Å². The summed E-state index contributed by atoms with van der Waals surface area (Å²) in [6, 6.07) is 18.4. The molecule has 0 unspecified atom stereocenters. The monoisotopic (exact) mass is 752 g/mol. The molecule has 1 heterocycles. The minimum Gasteiger partial charge on any atom is -0.492 e. The zero-order valence-electron chi connectivity index (χ0n) is 28.9. The Balaban J connectivity index is 1.52. The van der Waals surface area contributed by atoms with Gasteiger partial charge in [0, 0.05) is 48.2 Å². The highest BCUT2D eigenvalue weighted by Gasteiger charge is 2.32. The number of nitrogens with zero attached hydrogens (tertiary/aromatic N) is 2. The van der Waals surface area contributed by atoms with E-state index in [1.807, 2.05) is 43.3 Å². The van der Waals surface area contributed by atoms with Crippen molar-refractivity contribution in [1.82, 2.24) is 15.6 Å². The predicted molar refractivity (Wildman–Crippen MR) is 197 cm³/mol. The molecule has 52 heavy (non-hydrogen) atoms. The predicted octanol–water partition coefficient (Wildman–Crippen LogP) is 5.03. The zero-order valence-corrected chi connectivity index (χ0v) is 30.4. The average Bonchev–Trinajstić information content (AvgIpc) is 3.15. The molecule has 0 radical (unpaired) electrons. The van der Waals surface area contributed by atoms with E-state index in [1.165, 1.54) is 13.1 Å². The van der Waals surface area contributed by atoms with Crippen LogP contribution in [-0.2, 0) is 24.6 Å². The highest BCUT2D eigenvalue weighted by molar-refractivity contribution is 6.35. The van der Waals surface area contributed by atoms with Crippen LogP contribution in [0.25, 0.3) is 11.1 Å². The summed E-state index contributed by atoms with van der Waals surface area (Å²) in [5.41, 5.74) is 3.43. The third-order valence-corrected chi connectivity index (χ3v) is 9.00. The molecule has 12 nitrogen and oxygen atoms in total. The van der Waals surface area contributed by atoms with Gasteiger partial charge in [0.25, 0.3) is 0 Å². The number of hydrogen-bond acceptors (Lipinski definition) is 11. The Kier molecular flexibility index (Phi) is 15.0. The van der Waals surface area contributed by atoms with Crippen LogP contribution >= 0.6 is 23.2 Å². The molecule has 0 aliphatic rings. The third kappa shape index (κ3) is 10.8. The Morgan fingerprint density at radius 3 is 2.46 bits per heavy atom. The van der Waals surface area contributed by atoms with Gasteiger partial charge in [0.1, 0.15) is 42.1 Å². The molecule has 0 amide bonds. The lowest BCUT2D eigenvalue weighted by Gasteiger charge is -2.25. The lowest BCUT2D eigenvalue weighted by Crippen LogP contribution is -2.52. The summed E-state index contributed by atoms with van der Waals surface area (Å²) >= 11 is 13.5. The molecule has 0 aliphatic carbocycles. The van der Waals surface area contributed by atoms with Crippen LogP contribution in [0.3, 0.4) is 0 Å². The van der Waals surface area contributed by atoms with Crippen LogP contribution in [0.5, 0.6) is 17.2 Å². The Labute approximate surface area is 312 Å². The van der Waals surface area contributed by atoms with Crippen LogP contribution in [0.2, 0.25) is 10.0 Å². The summed E-state index contributed by atoms with van der Waals surface area (Å²) in [5.74, 6) is 0.00275. The summed E-state index contributed by atoms with van der Waals surface area (Å²) in [6.45, 7) is 3.93. The number of rotatable bonds is 20. The van der Waals surface area contributed by atoms with Crippen molar-refractivity contribution in [2.45, 2.75) is 51.7 Å². The maximum absolute atomic E-state index is 11.8. The zero-order chi connectivity index (χ0) is 37.7. The number of carbonyl (C=O) groups is 1. The van der Waals surface area contributed by atoms with E-state index in [2.05, 4.69) is 15.6 Å². The fourth-order valence-electron chi connectivity index (χ4n) is 5.07. The number of benzene rings is 3. The fraction of sp³-hybridized carbons (Fsp3) is 0.342. The van der Waals surface area contributed by atoms with Crippen LogP contribution in [0.4, 0.5) is 0 Å². The van der Waals surface area contributed by atoms with Crippen molar-refractivity contribution in [2.75, 3.05) is 32.9 Å². The smallest absolute Gasteiger partial charge is 0.326 e. The lowest BCUT2D eigenvalue weighted by molar-refractivity contribution is -0.145. The van der Waals surface area contributed by atoms with Crippen LogP contribution in [-0.4, -0.2) is 75.9 Å². The highest BCUT2D eigenvalue weighted by atomic mass is 35.5. The summed E-state index contributed by atoms with van der Waals surface area (Å²) in [6.07, 6.45) is 2.90. The van der Waals surface area contributed by atoms with Crippen molar-refractivity contribution in [3.05, 3.63) is 105 Å². The molecule has 0 fully saturated rings. The molecule has 0 saturated carbocycles. The second-order valence-corrected chi connectivity index (χ2v) is 13.0. The SMILES string of the molecule is Cc1c(COc2cc(OCc3cncc(C#N)c3)c(CN[C@@](C)(CO)C(=O)O)cc2Cl)cccc1-c1cccc(OCCCNC[C@H](O)CO)c1Cl. The average molecular weight is 754 g/mol. The number of pyridine rings is 1. The van der Waals surface area contributed by atoms with E-state index in [-0.39, 0.29) is 31.4 Å². The minimum atomic E-state index is -1.61. The topological polar surface area (TPSA) is 186 Å². The van der Waals surface area contributed by atoms with E-state index in [0.717, 1.165) is 22.3 Å². The fourth-order valence-corrected chi connectivity index (χ4v) is 5.59. The molecule has 0 spiro atoms. The minimum absolute atomic E-state index is 0.00548. The molecule has 3 aromatic carbocycles. The molecule has 4 rings (SSSR count). The first-order valence-corrected chi connectivity index (χ1v) is 17.3. The molecule has 6 N–H and O–H groups in total. The van der Waals surface area contributed by atoms with Gasteiger partial charge in [0.05, 0.1) is 41.5 Å². The van der Waals surface area contributed by atoms with Crippen LogP contribution < -0.4 is 24.8 Å². The Morgan fingerprint density at radius 1 is 0.981 bits per heavy atom. The van der Waals surface area contributed by atoms with Gasteiger partial charge in [-0.3, -0.25) is 15.1 Å². The van der Waals surface area contributed by atoms with E-state index in [9.17, 15) is 25.4 Å². The number of aliphatic carboxylic acids is 1. The second kappa shape index (κ2) is 19.4. The van der Waals surface area contributed by atoms with Crippen molar-refractivity contribution >= 4 is 29.2 Å². The number of aliphatic hydroxyl groups is 3. The number of aliphatic hydroxyl groups excluding tert-OH is 3. The van der Waals surface area contributed by atoms with E-state index < -0.39 is 24.2 Å².